The molecule has 0 radical (unpaired) electrons. The van der Waals surface area contributed by atoms with Crippen molar-refractivity contribution in [3.05, 3.63) is 58.1 Å². The average molecular weight is 454 g/mol. The molecule has 8 heteroatoms. The van der Waals surface area contributed by atoms with E-state index in [1.165, 1.54) is 22.7 Å². The molecule has 1 aliphatic heterocycles. The first-order valence-corrected chi connectivity index (χ1v) is 12.1. The van der Waals surface area contributed by atoms with Crippen LogP contribution in [0.2, 0.25) is 0 Å². The van der Waals surface area contributed by atoms with Gasteiger partial charge in [0.2, 0.25) is 0 Å². The van der Waals surface area contributed by atoms with Crippen molar-refractivity contribution in [2.24, 2.45) is 0 Å². The number of aromatic nitrogens is 1. The molecule has 1 amide bonds. The Labute approximate surface area is 188 Å². The van der Waals surface area contributed by atoms with Crippen LogP contribution in [0.3, 0.4) is 0 Å². The first-order chi connectivity index (χ1) is 15.2. The van der Waals surface area contributed by atoms with Crippen LogP contribution in [0.4, 0.5) is 5.13 Å². The van der Waals surface area contributed by atoms with E-state index in [0.717, 1.165) is 42.6 Å². The van der Waals surface area contributed by atoms with Gasteiger partial charge in [0.05, 0.1) is 11.0 Å². The van der Waals surface area contributed by atoms with Crippen LogP contribution in [-0.2, 0) is 0 Å². The van der Waals surface area contributed by atoms with Gasteiger partial charge in [-0.15, -0.1) is 22.7 Å². The molecule has 1 atom stereocenters. The first-order valence-electron chi connectivity index (χ1n) is 10.4. The second-order valence-electron chi connectivity index (χ2n) is 7.69. The fourth-order valence-electron chi connectivity index (χ4n) is 3.89. The van der Waals surface area contributed by atoms with Crippen LogP contribution in [0.15, 0.2) is 57.6 Å². The monoisotopic (exact) mass is 453 g/mol. The second-order valence-corrected chi connectivity index (χ2v) is 9.48. The lowest BCUT2D eigenvalue weighted by molar-refractivity contribution is 0.0989. The van der Waals surface area contributed by atoms with E-state index in [2.05, 4.69) is 4.90 Å². The van der Waals surface area contributed by atoms with E-state index in [-0.39, 0.29) is 12.0 Å². The highest BCUT2D eigenvalue weighted by molar-refractivity contribution is 7.14. The topological polar surface area (TPSA) is 69.8 Å². The van der Waals surface area contributed by atoms with Crippen LogP contribution in [0.5, 0.6) is 0 Å². The summed E-state index contributed by atoms with van der Waals surface area (Å²) in [5, 5.41) is 15.3. The molecule has 5 rings (SSSR count). The van der Waals surface area contributed by atoms with Crippen LogP contribution in [-0.4, -0.2) is 53.2 Å². The van der Waals surface area contributed by atoms with Gasteiger partial charge in [0.15, 0.2) is 10.9 Å². The summed E-state index contributed by atoms with van der Waals surface area (Å²) in [6, 6.07) is 13.6. The molecule has 0 spiro atoms. The number of furan rings is 1. The van der Waals surface area contributed by atoms with Crippen molar-refractivity contribution in [1.29, 1.82) is 0 Å². The summed E-state index contributed by atoms with van der Waals surface area (Å²) in [7, 11) is 0. The molecule has 1 saturated heterocycles. The standard InChI is InChI=1S/C23H23N3O3S2/c27-17-8-11-25(14-17)9-4-10-26(22(28)21-7-3-12-30-21)23-24-18(15-31-23)20-13-16-5-1-2-6-19(16)29-20/h1-3,5-7,12-13,15,17,27H,4,8-11,14H2. The minimum atomic E-state index is -0.228. The zero-order valence-electron chi connectivity index (χ0n) is 16.9. The van der Waals surface area contributed by atoms with E-state index < -0.39 is 0 Å². The van der Waals surface area contributed by atoms with Crippen molar-refractivity contribution in [1.82, 2.24) is 9.88 Å². The van der Waals surface area contributed by atoms with E-state index >= 15 is 0 Å². The predicted octanol–water partition coefficient (Wildman–Crippen LogP) is 4.72. The van der Waals surface area contributed by atoms with Gasteiger partial charge in [-0.05, 0) is 43.0 Å². The fraction of sp³-hybridized carbons (Fsp3) is 0.304. The van der Waals surface area contributed by atoms with Crippen molar-refractivity contribution in [3.63, 3.8) is 0 Å². The number of rotatable bonds is 7. The van der Waals surface area contributed by atoms with Crippen LogP contribution in [0, 0.1) is 0 Å². The largest absolute Gasteiger partial charge is 0.454 e. The van der Waals surface area contributed by atoms with Crippen molar-refractivity contribution >= 4 is 44.7 Å². The molecular formula is C23H23N3O3S2. The Balaban J connectivity index is 1.36. The highest BCUT2D eigenvalue weighted by atomic mass is 32.1. The summed E-state index contributed by atoms with van der Waals surface area (Å²) in [5.41, 5.74) is 1.56. The number of carbonyl (C=O) groups excluding carboxylic acids is 1. The lowest BCUT2D eigenvalue weighted by atomic mass is 10.2. The maximum atomic E-state index is 13.2. The molecule has 1 aromatic carbocycles. The van der Waals surface area contributed by atoms with E-state index in [4.69, 9.17) is 9.40 Å². The normalized spacial score (nSPS) is 16.9. The summed E-state index contributed by atoms with van der Waals surface area (Å²) in [6.45, 7) is 3.06. The van der Waals surface area contributed by atoms with E-state index in [0.29, 0.717) is 28.9 Å². The zero-order valence-corrected chi connectivity index (χ0v) is 18.6. The number of benzene rings is 1. The average Bonchev–Trinajstić information content (AvgIpc) is 3.57. The number of thiophene rings is 1. The number of β-amino-alcohol motifs (C(OH)–C–C–N with tert-alkyl or cyclic N) is 1. The van der Waals surface area contributed by atoms with E-state index in [1.807, 2.05) is 53.2 Å². The molecule has 0 aliphatic carbocycles. The molecule has 1 unspecified atom stereocenters. The van der Waals surface area contributed by atoms with Gasteiger partial charge in [-0.3, -0.25) is 9.69 Å². The summed E-state index contributed by atoms with van der Waals surface area (Å²) in [6.07, 6.45) is 1.42. The summed E-state index contributed by atoms with van der Waals surface area (Å²) < 4.78 is 5.95. The Kier molecular flexibility index (Phi) is 5.87. The molecule has 4 heterocycles. The van der Waals surface area contributed by atoms with Gasteiger partial charge >= 0.3 is 0 Å². The summed E-state index contributed by atoms with van der Waals surface area (Å²) >= 11 is 2.90. The van der Waals surface area contributed by atoms with Crippen LogP contribution in [0.1, 0.15) is 22.5 Å². The van der Waals surface area contributed by atoms with Crippen LogP contribution < -0.4 is 4.90 Å². The number of aliphatic hydroxyl groups is 1. The summed E-state index contributed by atoms with van der Waals surface area (Å²) in [4.78, 5) is 22.7. The number of likely N-dealkylation sites (tertiary alicyclic amines) is 1. The molecule has 6 nitrogen and oxygen atoms in total. The molecular weight excluding hydrogens is 430 g/mol. The number of carbonyl (C=O) groups is 1. The maximum absolute atomic E-state index is 13.2. The molecule has 4 aromatic rings. The lowest BCUT2D eigenvalue weighted by Crippen LogP contribution is -2.34. The van der Waals surface area contributed by atoms with Crippen LogP contribution >= 0.6 is 22.7 Å². The number of aliphatic hydroxyl groups excluding tert-OH is 1. The molecule has 31 heavy (non-hydrogen) atoms. The highest BCUT2D eigenvalue weighted by Gasteiger charge is 2.24. The number of para-hydroxylation sites is 1. The third-order valence-electron chi connectivity index (χ3n) is 5.48. The minimum absolute atomic E-state index is 0.0260. The third kappa shape index (κ3) is 4.43. The maximum Gasteiger partial charge on any atom is 0.270 e. The van der Waals surface area contributed by atoms with Crippen molar-refractivity contribution < 1.29 is 14.3 Å². The predicted molar refractivity (Wildman–Crippen MR) is 125 cm³/mol. The smallest absolute Gasteiger partial charge is 0.270 e. The van der Waals surface area contributed by atoms with E-state index in [1.54, 1.807) is 4.90 Å². The van der Waals surface area contributed by atoms with Gasteiger partial charge in [-0.25, -0.2) is 4.98 Å². The Morgan fingerprint density at radius 1 is 1.26 bits per heavy atom. The Bertz CT molecular complexity index is 1130. The third-order valence-corrected chi connectivity index (χ3v) is 7.20. The number of hydrogen-bond donors (Lipinski definition) is 1. The highest BCUT2D eigenvalue weighted by Crippen LogP contribution is 2.32. The summed E-state index contributed by atoms with van der Waals surface area (Å²) in [5.74, 6) is 0.681. The molecule has 1 fully saturated rings. The van der Waals surface area contributed by atoms with Gasteiger partial charge in [0.1, 0.15) is 11.3 Å². The Morgan fingerprint density at radius 3 is 2.94 bits per heavy atom. The number of anilines is 1. The van der Waals surface area contributed by atoms with Crippen molar-refractivity contribution in [2.45, 2.75) is 18.9 Å². The number of nitrogens with zero attached hydrogens (tertiary/aromatic N) is 3. The quantitative estimate of drug-likeness (QED) is 0.438. The Morgan fingerprint density at radius 2 is 2.16 bits per heavy atom. The molecule has 1 aliphatic rings. The second kappa shape index (κ2) is 8.92. The lowest BCUT2D eigenvalue weighted by Gasteiger charge is -2.21. The van der Waals surface area contributed by atoms with Crippen molar-refractivity contribution in [2.75, 3.05) is 31.1 Å². The van der Waals surface area contributed by atoms with Gasteiger partial charge in [-0.1, -0.05) is 24.3 Å². The Hall–Kier alpha value is -2.52. The molecule has 1 N–H and O–H groups in total. The number of hydrogen-bond acceptors (Lipinski definition) is 7. The number of amides is 1. The number of fused-ring (bicyclic) bond motifs is 1. The molecule has 160 valence electrons. The zero-order chi connectivity index (χ0) is 21.2. The first kappa shape index (κ1) is 20.4. The van der Waals surface area contributed by atoms with Crippen molar-refractivity contribution in [3.8, 4) is 11.5 Å². The molecule has 0 bridgehead atoms. The van der Waals surface area contributed by atoms with Gasteiger partial charge in [0, 0.05) is 30.4 Å². The minimum Gasteiger partial charge on any atom is -0.454 e. The molecule has 3 aromatic heterocycles. The van der Waals surface area contributed by atoms with Gasteiger partial charge < -0.3 is 14.4 Å². The number of thiazole rings is 1. The van der Waals surface area contributed by atoms with Crippen LogP contribution in [0.25, 0.3) is 22.4 Å². The molecule has 0 saturated carbocycles. The van der Waals surface area contributed by atoms with E-state index in [9.17, 15) is 9.90 Å². The fourth-order valence-corrected chi connectivity index (χ4v) is 5.40. The van der Waals surface area contributed by atoms with Gasteiger partial charge in [-0.2, -0.15) is 0 Å². The van der Waals surface area contributed by atoms with Gasteiger partial charge in [0.25, 0.3) is 5.91 Å². The SMILES string of the molecule is O=C(c1cccs1)N(CCCN1CCC(O)C1)c1nc(-c2cc3ccccc3o2)cs1.